The third-order valence-electron chi connectivity index (χ3n) is 3.56. The van der Waals surface area contributed by atoms with Crippen molar-refractivity contribution < 1.29 is 9.59 Å². The zero-order chi connectivity index (χ0) is 19.8. The lowest BCUT2D eigenvalue weighted by Gasteiger charge is -2.04. The topological polar surface area (TPSA) is 96.9 Å². The molecule has 3 rings (SSSR count). The molecular weight excluding hydrogens is 374 g/mol. The number of carbonyl (C=O) groups is 2. The van der Waals surface area contributed by atoms with Gasteiger partial charge in [0.15, 0.2) is 5.13 Å². The van der Waals surface area contributed by atoms with E-state index in [4.69, 9.17) is 0 Å². The van der Waals surface area contributed by atoms with Crippen molar-refractivity contribution in [3.63, 3.8) is 0 Å². The Labute approximate surface area is 166 Å². The van der Waals surface area contributed by atoms with Gasteiger partial charge in [-0.25, -0.2) is 4.98 Å². The molecule has 0 saturated heterocycles. The maximum Gasteiger partial charge on any atom is 0.269 e. The predicted octanol–water partition coefficient (Wildman–Crippen LogP) is 2.40. The molecule has 0 bridgehead atoms. The van der Waals surface area contributed by atoms with Crippen LogP contribution in [-0.4, -0.2) is 33.3 Å². The minimum absolute atomic E-state index is 0.133. The van der Waals surface area contributed by atoms with Crippen LogP contribution in [0.1, 0.15) is 33.0 Å². The van der Waals surface area contributed by atoms with Gasteiger partial charge in [-0.1, -0.05) is 23.3 Å². The normalized spacial score (nSPS) is 9.89. The average Bonchev–Trinajstić information content (AvgIpc) is 3.06. The summed E-state index contributed by atoms with van der Waals surface area (Å²) < 4.78 is 0. The number of nitrogens with one attached hydrogen (secondary N) is 2. The predicted molar refractivity (Wildman–Crippen MR) is 107 cm³/mol. The molecule has 140 valence electrons. The van der Waals surface area contributed by atoms with Crippen LogP contribution in [0, 0.1) is 18.8 Å². The second kappa shape index (κ2) is 9.39. The number of hydrogen-bond donors (Lipinski definition) is 2. The second-order valence-corrected chi connectivity index (χ2v) is 6.69. The number of carbonyl (C=O) groups excluding carboxylic acids is 2. The summed E-state index contributed by atoms with van der Waals surface area (Å²) in [5.74, 6) is 5.52. The molecule has 0 saturated carbocycles. The highest BCUT2D eigenvalue weighted by atomic mass is 32.1. The molecule has 0 fully saturated rings. The largest absolute Gasteiger partial charge is 0.350 e. The number of pyridine rings is 2. The Kier molecular flexibility index (Phi) is 6.44. The van der Waals surface area contributed by atoms with Crippen molar-refractivity contribution in [1.82, 2.24) is 20.3 Å². The lowest BCUT2D eigenvalue weighted by atomic mass is 10.3. The van der Waals surface area contributed by atoms with E-state index in [1.807, 2.05) is 19.1 Å². The molecule has 28 heavy (non-hydrogen) atoms. The maximum atomic E-state index is 12.1. The van der Waals surface area contributed by atoms with Gasteiger partial charge >= 0.3 is 0 Å². The van der Waals surface area contributed by atoms with Gasteiger partial charge in [-0.3, -0.25) is 19.6 Å². The van der Waals surface area contributed by atoms with E-state index in [1.54, 1.807) is 36.8 Å². The molecule has 2 N–H and O–H groups in total. The minimum Gasteiger partial charge on any atom is -0.350 e. The van der Waals surface area contributed by atoms with Gasteiger partial charge < -0.3 is 10.6 Å². The molecular formula is C20H17N5O2S. The van der Waals surface area contributed by atoms with Gasteiger partial charge in [0.2, 0.25) is 5.91 Å². The Hall–Kier alpha value is -3.57. The van der Waals surface area contributed by atoms with Crippen molar-refractivity contribution in [2.75, 3.05) is 11.9 Å². The smallest absolute Gasteiger partial charge is 0.269 e. The number of anilines is 1. The maximum absolute atomic E-state index is 12.1. The zero-order valence-electron chi connectivity index (χ0n) is 15.1. The van der Waals surface area contributed by atoms with E-state index in [2.05, 4.69) is 37.4 Å². The van der Waals surface area contributed by atoms with E-state index in [9.17, 15) is 9.59 Å². The van der Waals surface area contributed by atoms with Crippen molar-refractivity contribution in [2.24, 2.45) is 0 Å². The van der Waals surface area contributed by atoms with E-state index in [0.717, 1.165) is 16.1 Å². The van der Waals surface area contributed by atoms with Crippen molar-refractivity contribution >= 4 is 28.3 Å². The zero-order valence-corrected chi connectivity index (χ0v) is 15.9. The summed E-state index contributed by atoms with van der Waals surface area (Å²) in [5.41, 5.74) is 1.87. The molecule has 0 spiro atoms. The van der Waals surface area contributed by atoms with E-state index < -0.39 is 0 Å². The molecule has 0 aliphatic heterocycles. The van der Waals surface area contributed by atoms with E-state index in [0.29, 0.717) is 10.8 Å². The first-order chi connectivity index (χ1) is 13.6. The third kappa shape index (κ3) is 5.46. The van der Waals surface area contributed by atoms with E-state index in [1.165, 1.54) is 11.3 Å². The standard InChI is InChI=1S/C20H17N5O2S/c1-14-17(8-7-15-5-4-10-21-13-15)28-20(24-14)25-18(26)9-12-23-19(27)16-6-2-3-11-22-16/h2-6,10-11,13H,9,12H2,1H3,(H,23,27)(H,24,25,26). The van der Waals surface area contributed by atoms with Crippen molar-refractivity contribution in [2.45, 2.75) is 13.3 Å². The van der Waals surface area contributed by atoms with Gasteiger partial charge in [0.05, 0.1) is 5.69 Å². The SMILES string of the molecule is Cc1nc(NC(=O)CCNC(=O)c2ccccn2)sc1C#Cc1cccnc1. The Morgan fingerprint density at radius 3 is 2.79 bits per heavy atom. The van der Waals surface area contributed by atoms with Gasteiger partial charge in [-0.2, -0.15) is 0 Å². The number of rotatable bonds is 5. The first-order valence-corrected chi connectivity index (χ1v) is 9.32. The number of amides is 2. The van der Waals surface area contributed by atoms with Gasteiger partial charge in [0.25, 0.3) is 5.91 Å². The number of hydrogen-bond acceptors (Lipinski definition) is 6. The van der Waals surface area contributed by atoms with Crippen LogP contribution >= 0.6 is 11.3 Å². The molecule has 0 radical (unpaired) electrons. The molecule has 0 unspecified atom stereocenters. The quantitative estimate of drug-likeness (QED) is 0.651. The molecule has 0 aromatic carbocycles. The van der Waals surface area contributed by atoms with E-state index >= 15 is 0 Å². The summed E-state index contributed by atoms with van der Waals surface area (Å²) in [6.07, 6.45) is 5.05. The highest BCUT2D eigenvalue weighted by molar-refractivity contribution is 7.16. The Balaban J connectivity index is 1.51. The Morgan fingerprint density at radius 2 is 2.04 bits per heavy atom. The lowest BCUT2D eigenvalue weighted by molar-refractivity contribution is -0.116. The Morgan fingerprint density at radius 1 is 1.14 bits per heavy atom. The average molecular weight is 391 g/mol. The van der Waals surface area contributed by atoms with E-state index in [-0.39, 0.29) is 24.8 Å². The fourth-order valence-electron chi connectivity index (χ4n) is 2.19. The van der Waals surface area contributed by atoms with Crippen molar-refractivity contribution in [3.8, 4) is 11.8 Å². The number of thiazole rings is 1. The molecule has 3 aromatic heterocycles. The summed E-state index contributed by atoms with van der Waals surface area (Å²) in [7, 11) is 0. The van der Waals surface area contributed by atoms with Crippen LogP contribution in [0.4, 0.5) is 5.13 Å². The van der Waals surface area contributed by atoms with Gasteiger partial charge in [-0.05, 0) is 37.1 Å². The summed E-state index contributed by atoms with van der Waals surface area (Å²) in [6, 6.07) is 8.77. The summed E-state index contributed by atoms with van der Waals surface area (Å²) in [5, 5.41) is 5.88. The molecule has 0 atom stereocenters. The van der Waals surface area contributed by atoms with Gasteiger partial charge in [0.1, 0.15) is 10.6 Å². The fraction of sp³-hybridized carbons (Fsp3) is 0.150. The third-order valence-corrected chi connectivity index (χ3v) is 4.55. The van der Waals surface area contributed by atoms with Crippen LogP contribution in [0.2, 0.25) is 0 Å². The summed E-state index contributed by atoms with van der Waals surface area (Å²) >= 11 is 1.31. The Bertz CT molecular complexity index is 1020. The molecule has 8 heteroatoms. The van der Waals surface area contributed by atoms with Crippen molar-refractivity contribution in [3.05, 3.63) is 70.8 Å². The lowest BCUT2D eigenvalue weighted by Crippen LogP contribution is -2.28. The van der Waals surface area contributed by atoms with Crippen LogP contribution in [-0.2, 0) is 4.79 Å². The molecule has 3 heterocycles. The highest BCUT2D eigenvalue weighted by Gasteiger charge is 2.10. The van der Waals surface area contributed by atoms with Crippen LogP contribution in [0.15, 0.2) is 48.9 Å². The minimum atomic E-state index is -0.313. The summed E-state index contributed by atoms with van der Waals surface area (Å²) in [6.45, 7) is 2.05. The molecule has 7 nitrogen and oxygen atoms in total. The number of aromatic nitrogens is 3. The fourth-order valence-corrected chi connectivity index (χ4v) is 3.03. The molecule has 2 amide bonds. The van der Waals surface area contributed by atoms with Crippen LogP contribution < -0.4 is 10.6 Å². The molecule has 0 aliphatic rings. The highest BCUT2D eigenvalue weighted by Crippen LogP contribution is 2.21. The van der Waals surface area contributed by atoms with Crippen molar-refractivity contribution in [1.29, 1.82) is 0 Å². The number of aryl methyl sites for hydroxylation is 1. The first-order valence-electron chi connectivity index (χ1n) is 8.50. The van der Waals surface area contributed by atoms with Gasteiger partial charge in [0, 0.05) is 37.1 Å². The molecule has 0 aliphatic carbocycles. The second-order valence-electron chi connectivity index (χ2n) is 5.69. The summed E-state index contributed by atoms with van der Waals surface area (Å²) in [4.78, 5) is 37.0. The van der Waals surface area contributed by atoms with Crippen LogP contribution in [0.5, 0.6) is 0 Å². The number of nitrogens with zero attached hydrogens (tertiary/aromatic N) is 3. The van der Waals surface area contributed by atoms with Crippen LogP contribution in [0.25, 0.3) is 0 Å². The molecule has 3 aromatic rings. The van der Waals surface area contributed by atoms with Crippen LogP contribution in [0.3, 0.4) is 0 Å². The van der Waals surface area contributed by atoms with Gasteiger partial charge in [-0.15, -0.1) is 0 Å². The monoisotopic (exact) mass is 391 g/mol. The first kappa shape index (κ1) is 19.2.